The molecule has 0 bridgehead atoms. The molecule has 0 aliphatic heterocycles. The summed E-state index contributed by atoms with van der Waals surface area (Å²) in [6.07, 6.45) is -4.38. The van der Waals surface area contributed by atoms with Crippen molar-refractivity contribution in [2.24, 2.45) is 0 Å². The van der Waals surface area contributed by atoms with Gasteiger partial charge >= 0.3 is 6.18 Å². The van der Waals surface area contributed by atoms with Crippen LogP contribution in [-0.2, 0) is 6.18 Å². The van der Waals surface area contributed by atoms with Crippen molar-refractivity contribution in [3.05, 3.63) is 35.4 Å². The highest BCUT2D eigenvalue weighted by atomic mass is 19.4. The molecule has 0 radical (unpaired) electrons. The van der Waals surface area contributed by atoms with Crippen molar-refractivity contribution < 1.29 is 18.0 Å². The lowest BCUT2D eigenvalue weighted by atomic mass is 10.1. The third-order valence-corrected chi connectivity index (χ3v) is 1.71. The highest BCUT2D eigenvalue weighted by Gasteiger charge is 2.30. The molecule has 0 saturated heterocycles. The summed E-state index contributed by atoms with van der Waals surface area (Å²) in [6.45, 7) is 0. The van der Waals surface area contributed by atoms with Crippen LogP contribution in [0.2, 0.25) is 0 Å². The second-order valence-corrected chi connectivity index (χ2v) is 2.78. The number of halogens is 3. The third-order valence-electron chi connectivity index (χ3n) is 1.71. The van der Waals surface area contributed by atoms with Crippen LogP contribution >= 0.6 is 0 Å². The van der Waals surface area contributed by atoms with Crippen molar-refractivity contribution in [2.75, 3.05) is 7.05 Å². The summed E-state index contributed by atoms with van der Waals surface area (Å²) in [6, 6.07) is 3.97. The Hall–Kier alpha value is -1.56. The van der Waals surface area contributed by atoms with Gasteiger partial charge in [-0.3, -0.25) is 10.2 Å². The van der Waals surface area contributed by atoms with E-state index in [4.69, 9.17) is 0 Å². The lowest BCUT2D eigenvalue weighted by Crippen LogP contribution is -2.34. The molecule has 2 N–H and O–H groups in total. The smallest absolute Gasteiger partial charge is 0.288 e. The van der Waals surface area contributed by atoms with Gasteiger partial charge in [-0.1, -0.05) is 0 Å². The monoisotopic (exact) mass is 218 g/mol. The summed E-state index contributed by atoms with van der Waals surface area (Å²) >= 11 is 0. The van der Waals surface area contributed by atoms with Crippen LogP contribution in [0, 0.1) is 0 Å². The first kappa shape index (κ1) is 11.5. The zero-order valence-corrected chi connectivity index (χ0v) is 7.85. The SMILES string of the molecule is CNNC(=O)c1ccc(C(F)(F)F)cc1. The number of benzene rings is 1. The van der Waals surface area contributed by atoms with Gasteiger partial charge in [0.25, 0.3) is 5.91 Å². The summed E-state index contributed by atoms with van der Waals surface area (Å²) in [5.74, 6) is -0.480. The average molecular weight is 218 g/mol. The number of hydrogen-bond donors (Lipinski definition) is 2. The van der Waals surface area contributed by atoms with Crippen LogP contribution in [0.3, 0.4) is 0 Å². The van der Waals surface area contributed by atoms with E-state index in [-0.39, 0.29) is 5.56 Å². The summed E-state index contributed by atoms with van der Waals surface area (Å²) in [7, 11) is 1.49. The maximum absolute atomic E-state index is 12.2. The Labute approximate surface area is 84.3 Å². The first-order chi connectivity index (χ1) is 6.95. The second-order valence-electron chi connectivity index (χ2n) is 2.78. The molecule has 0 saturated carbocycles. The van der Waals surface area contributed by atoms with Crippen molar-refractivity contribution in [1.82, 2.24) is 10.9 Å². The van der Waals surface area contributed by atoms with E-state index in [1.54, 1.807) is 0 Å². The van der Waals surface area contributed by atoms with Crippen LogP contribution < -0.4 is 10.9 Å². The van der Waals surface area contributed by atoms with Crippen molar-refractivity contribution in [2.45, 2.75) is 6.18 Å². The van der Waals surface area contributed by atoms with E-state index < -0.39 is 17.6 Å². The molecule has 1 rings (SSSR count). The van der Waals surface area contributed by atoms with Gasteiger partial charge in [0.1, 0.15) is 0 Å². The van der Waals surface area contributed by atoms with Gasteiger partial charge in [0, 0.05) is 12.6 Å². The molecule has 1 amide bonds. The summed E-state index contributed by atoms with van der Waals surface area (Å²) in [4.78, 5) is 11.2. The Morgan fingerprint density at radius 1 is 1.20 bits per heavy atom. The quantitative estimate of drug-likeness (QED) is 0.740. The average Bonchev–Trinajstić information content (AvgIpc) is 2.17. The molecule has 0 spiro atoms. The van der Waals surface area contributed by atoms with E-state index in [1.165, 1.54) is 7.05 Å². The number of alkyl halides is 3. The van der Waals surface area contributed by atoms with Gasteiger partial charge in [0.2, 0.25) is 0 Å². The standard InChI is InChI=1S/C9H9F3N2O/c1-13-14-8(15)6-2-4-7(5-3-6)9(10,11)12/h2-5,13H,1H3,(H,14,15). The van der Waals surface area contributed by atoms with Crippen molar-refractivity contribution >= 4 is 5.91 Å². The minimum Gasteiger partial charge on any atom is -0.288 e. The van der Waals surface area contributed by atoms with Gasteiger partial charge in [-0.25, -0.2) is 5.43 Å². The van der Waals surface area contributed by atoms with Crippen LogP contribution in [0.25, 0.3) is 0 Å². The van der Waals surface area contributed by atoms with Crippen molar-refractivity contribution in [3.63, 3.8) is 0 Å². The van der Waals surface area contributed by atoms with Crippen LogP contribution in [0.15, 0.2) is 24.3 Å². The van der Waals surface area contributed by atoms with Crippen LogP contribution in [-0.4, -0.2) is 13.0 Å². The van der Waals surface area contributed by atoms with Crippen LogP contribution in [0.5, 0.6) is 0 Å². The summed E-state index contributed by atoms with van der Waals surface area (Å²) < 4.78 is 36.5. The minimum atomic E-state index is -4.38. The van der Waals surface area contributed by atoms with E-state index >= 15 is 0 Å². The maximum Gasteiger partial charge on any atom is 0.416 e. The topological polar surface area (TPSA) is 41.1 Å². The minimum absolute atomic E-state index is 0.164. The Morgan fingerprint density at radius 2 is 1.73 bits per heavy atom. The Kier molecular flexibility index (Phi) is 3.31. The Morgan fingerprint density at radius 3 is 2.13 bits per heavy atom. The summed E-state index contributed by atoms with van der Waals surface area (Å²) in [5.41, 5.74) is 4.03. The first-order valence-electron chi connectivity index (χ1n) is 4.09. The molecule has 0 aromatic heterocycles. The van der Waals surface area contributed by atoms with Gasteiger partial charge in [-0.05, 0) is 24.3 Å². The van der Waals surface area contributed by atoms with Gasteiger partial charge < -0.3 is 0 Å². The molecular formula is C9H9F3N2O. The molecule has 82 valence electrons. The molecule has 0 aliphatic rings. The zero-order valence-electron chi connectivity index (χ0n) is 7.85. The van der Waals surface area contributed by atoms with Crippen molar-refractivity contribution in [1.29, 1.82) is 0 Å². The number of amides is 1. The predicted molar refractivity (Wildman–Crippen MR) is 48.0 cm³/mol. The fourth-order valence-corrected chi connectivity index (χ4v) is 0.996. The van der Waals surface area contributed by atoms with E-state index in [2.05, 4.69) is 10.9 Å². The third kappa shape index (κ3) is 2.95. The molecule has 0 aliphatic carbocycles. The molecule has 15 heavy (non-hydrogen) atoms. The van der Waals surface area contributed by atoms with Gasteiger partial charge in [-0.15, -0.1) is 0 Å². The Balaban J connectivity index is 2.86. The molecule has 0 heterocycles. The maximum atomic E-state index is 12.2. The summed E-state index contributed by atoms with van der Waals surface area (Å²) in [5, 5.41) is 0. The molecular weight excluding hydrogens is 209 g/mol. The van der Waals surface area contributed by atoms with E-state index in [0.29, 0.717) is 0 Å². The fraction of sp³-hybridized carbons (Fsp3) is 0.222. The number of carbonyl (C=O) groups is 1. The number of rotatable bonds is 2. The molecule has 0 fully saturated rings. The molecule has 1 aromatic rings. The van der Waals surface area contributed by atoms with E-state index in [0.717, 1.165) is 24.3 Å². The number of nitrogens with one attached hydrogen (secondary N) is 2. The molecule has 0 atom stereocenters. The van der Waals surface area contributed by atoms with Gasteiger partial charge in [0.15, 0.2) is 0 Å². The lowest BCUT2D eigenvalue weighted by Gasteiger charge is -2.07. The first-order valence-corrected chi connectivity index (χ1v) is 4.09. The fourth-order valence-electron chi connectivity index (χ4n) is 0.996. The molecule has 3 nitrogen and oxygen atoms in total. The van der Waals surface area contributed by atoms with Gasteiger partial charge in [0.05, 0.1) is 5.56 Å². The van der Waals surface area contributed by atoms with E-state index in [9.17, 15) is 18.0 Å². The Bertz CT molecular complexity index is 345. The predicted octanol–water partition coefficient (Wildman–Crippen LogP) is 1.57. The highest BCUT2D eigenvalue weighted by Crippen LogP contribution is 2.28. The zero-order chi connectivity index (χ0) is 11.5. The van der Waals surface area contributed by atoms with Gasteiger partial charge in [-0.2, -0.15) is 13.2 Å². The van der Waals surface area contributed by atoms with Crippen LogP contribution in [0.4, 0.5) is 13.2 Å². The molecule has 0 unspecified atom stereocenters. The van der Waals surface area contributed by atoms with Crippen LogP contribution in [0.1, 0.15) is 15.9 Å². The largest absolute Gasteiger partial charge is 0.416 e. The number of hydrazine groups is 1. The van der Waals surface area contributed by atoms with Crippen molar-refractivity contribution in [3.8, 4) is 0 Å². The van der Waals surface area contributed by atoms with E-state index in [1.807, 2.05) is 0 Å². The number of carbonyl (C=O) groups excluding carboxylic acids is 1. The molecule has 6 heteroatoms. The highest BCUT2D eigenvalue weighted by molar-refractivity contribution is 5.93. The second kappa shape index (κ2) is 4.31. The number of hydrogen-bond acceptors (Lipinski definition) is 2. The molecule has 1 aromatic carbocycles. The lowest BCUT2D eigenvalue weighted by molar-refractivity contribution is -0.137. The normalized spacial score (nSPS) is 11.2.